The predicted molar refractivity (Wildman–Crippen MR) is 59.6 cm³/mol. The monoisotopic (exact) mass is 211 g/mol. The molecule has 0 radical (unpaired) electrons. The van der Waals surface area contributed by atoms with E-state index in [1.165, 1.54) is 0 Å². The Morgan fingerprint density at radius 1 is 1.21 bits per heavy atom. The topological polar surface area (TPSA) is 29.1 Å². The van der Waals surface area contributed by atoms with E-state index in [0.29, 0.717) is 12.3 Å². The van der Waals surface area contributed by atoms with Gasteiger partial charge in [0.15, 0.2) is 0 Å². The number of anilines is 1. The minimum absolute atomic E-state index is 0.0568. The number of benzene rings is 1. The predicted octanol–water partition coefficient (Wildman–Crippen LogP) is 3.03. The van der Waals surface area contributed by atoms with E-state index in [0.717, 1.165) is 18.5 Å². The molecule has 1 amide bonds. The van der Waals surface area contributed by atoms with Crippen LogP contribution in [0.25, 0.3) is 0 Å². The van der Waals surface area contributed by atoms with Crippen LogP contribution in [0, 0.1) is 0 Å². The smallest absolute Gasteiger partial charge is 0.224 e. The molecule has 0 fully saturated rings. The molecule has 14 heavy (non-hydrogen) atoms. The molecule has 0 aromatic heterocycles. The minimum Gasteiger partial charge on any atom is -0.326 e. The number of nitrogens with one attached hydrogen (secondary N) is 1. The van der Waals surface area contributed by atoms with Crippen molar-refractivity contribution in [3.05, 3.63) is 30.3 Å². The maximum atomic E-state index is 11.3. The number of alkyl halides is 1. The molecule has 76 valence electrons. The van der Waals surface area contributed by atoms with Gasteiger partial charge < -0.3 is 5.32 Å². The van der Waals surface area contributed by atoms with Crippen LogP contribution in [-0.4, -0.2) is 11.8 Å². The summed E-state index contributed by atoms with van der Waals surface area (Å²) in [5, 5.41) is 2.82. The zero-order chi connectivity index (χ0) is 10.2. The fraction of sp³-hybridized carbons (Fsp3) is 0.364. The van der Waals surface area contributed by atoms with Gasteiger partial charge in [0, 0.05) is 18.0 Å². The number of unbranched alkanes of at least 4 members (excludes halogenated alkanes) is 1. The molecule has 0 saturated heterocycles. The van der Waals surface area contributed by atoms with Gasteiger partial charge in [0.1, 0.15) is 0 Å². The van der Waals surface area contributed by atoms with E-state index >= 15 is 0 Å². The number of rotatable bonds is 5. The third kappa shape index (κ3) is 4.28. The van der Waals surface area contributed by atoms with E-state index in [2.05, 4.69) is 5.32 Å². The molecule has 0 aliphatic rings. The Morgan fingerprint density at radius 2 is 1.93 bits per heavy atom. The zero-order valence-corrected chi connectivity index (χ0v) is 8.76. The van der Waals surface area contributed by atoms with Gasteiger partial charge in [-0.1, -0.05) is 18.2 Å². The second-order valence-electron chi connectivity index (χ2n) is 3.06. The Kier molecular flexibility index (Phi) is 5.08. The molecular formula is C11H14ClNO. The second-order valence-corrected chi connectivity index (χ2v) is 3.44. The minimum atomic E-state index is 0.0568. The molecule has 2 nitrogen and oxygen atoms in total. The van der Waals surface area contributed by atoms with E-state index < -0.39 is 0 Å². The van der Waals surface area contributed by atoms with Gasteiger partial charge in [-0.15, -0.1) is 11.6 Å². The third-order valence-electron chi connectivity index (χ3n) is 1.85. The largest absolute Gasteiger partial charge is 0.326 e. The first kappa shape index (κ1) is 11.1. The maximum absolute atomic E-state index is 11.3. The molecule has 1 aromatic rings. The van der Waals surface area contributed by atoms with Gasteiger partial charge in [-0.05, 0) is 25.0 Å². The van der Waals surface area contributed by atoms with Gasteiger partial charge in [0.2, 0.25) is 5.91 Å². The van der Waals surface area contributed by atoms with Crippen molar-refractivity contribution < 1.29 is 4.79 Å². The third-order valence-corrected chi connectivity index (χ3v) is 2.11. The van der Waals surface area contributed by atoms with Crippen molar-refractivity contribution in [2.45, 2.75) is 19.3 Å². The molecule has 0 atom stereocenters. The number of carbonyl (C=O) groups is 1. The van der Waals surface area contributed by atoms with Gasteiger partial charge in [-0.2, -0.15) is 0 Å². The van der Waals surface area contributed by atoms with Crippen LogP contribution in [0.2, 0.25) is 0 Å². The molecule has 0 saturated carbocycles. The number of hydrogen-bond acceptors (Lipinski definition) is 1. The fourth-order valence-electron chi connectivity index (χ4n) is 1.13. The summed E-state index contributed by atoms with van der Waals surface area (Å²) in [5.74, 6) is 0.680. The molecule has 0 aliphatic heterocycles. The molecular weight excluding hydrogens is 198 g/mol. The van der Waals surface area contributed by atoms with Crippen molar-refractivity contribution in [2.75, 3.05) is 11.2 Å². The Bertz CT molecular complexity index is 274. The molecule has 0 aliphatic carbocycles. The average molecular weight is 212 g/mol. The number of hydrogen-bond donors (Lipinski definition) is 1. The van der Waals surface area contributed by atoms with Crippen LogP contribution in [0.5, 0.6) is 0 Å². The van der Waals surface area contributed by atoms with Crippen LogP contribution in [0.1, 0.15) is 19.3 Å². The highest BCUT2D eigenvalue weighted by atomic mass is 35.5. The average Bonchev–Trinajstić information content (AvgIpc) is 2.20. The van der Waals surface area contributed by atoms with E-state index in [9.17, 15) is 4.79 Å². The Labute approximate surface area is 89.3 Å². The number of para-hydroxylation sites is 1. The van der Waals surface area contributed by atoms with Gasteiger partial charge in [-0.25, -0.2) is 0 Å². The lowest BCUT2D eigenvalue weighted by atomic mass is 10.2. The summed E-state index contributed by atoms with van der Waals surface area (Å²) in [4.78, 5) is 11.3. The summed E-state index contributed by atoms with van der Waals surface area (Å²) < 4.78 is 0. The van der Waals surface area contributed by atoms with Crippen molar-refractivity contribution in [2.24, 2.45) is 0 Å². The Morgan fingerprint density at radius 3 is 2.57 bits per heavy atom. The van der Waals surface area contributed by atoms with Crippen LogP contribution < -0.4 is 5.32 Å². The van der Waals surface area contributed by atoms with Gasteiger partial charge in [-0.3, -0.25) is 4.79 Å². The first-order valence-corrected chi connectivity index (χ1v) is 5.27. The van der Waals surface area contributed by atoms with Gasteiger partial charge in [0.05, 0.1) is 0 Å². The van der Waals surface area contributed by atoms with Crippen molar-refractivity contribution in [1.82, 2.24) is 0 Å². The summed E-state index contributed by atoms with van der Waals surface area (Å²) >= 11 is 5.51. The Balaban J connectivity index is 2.27. The lowest BCUT2D eigenvalue weighted by molar-refractivity contribution is -0.116. The van der Waals surface area contributed by atoms with E-state index in [1.54, 1.807) is 0 Å². The number of amides is 1. The van der Waals surface area contributed by atoms with Crippen LogP contribution in [-0.2, 0) is 4.79 Å². The SMILES string of the molecule is O=C(CCCCCl)Nc1ccccc1. The molecule has 3 heteroatoms. The van der Waals surface area contributed by atoms with Crippen molar-refractivity contribution in [3.8, 4) is 0 Å². The highest BCUT2D eigenvalue weighted by Gasteiger charge is 2.00. The molecule has 1 rings (SSSR count). The first-order valence-electron chi connectivity index (χ1n) is 4.74. The van der Waals surface area contributed by atoms with E-state index in [-0.39, 0.29) is 5.91 Å². The zero-order valence-electron chi connectivity index (χ0n) is 8.00. The maximum Gasteiger partial charge on any atom is 0.224 e. The van der Waals surface area contributed by atoms with Crippen LogP contribution >= 0.6 is 11.6 Å². The van der Waals surface area contributed by atoms with Crippen LogP contribution in [0.4, 0.5) is 5.69 Å². The van der Waals surface area contributed by atoms with E-state index in [1.807, 2.05) is 30.3 Å². The van der Waals surface area contributed by atoms with Crippen LogP contribution in [0.3, 0.4) is 0 Å². The fourth-order valence-corrected chi connectivity index (χ4v) is 1.31. The first-order chi connectivity index (χ1) is 6.83. The summed E-state index contributed by atoms with van der Waals surface area (Å²) in [6.07, 6.45) is 2.29. The van der Waals surface area contributed by atoms with Crippen molar-refractivity contribution in [1.29, 1.82) is 0 Å². The number of carbonyl (C=O) groups excluding carboxylic acids is 1. The summed E-state index contributed by atoms with van der Waals surface area (Å²) in [7, 11) is 0. The summed E-state index contributed by atoms with van der Waals surface area (Å²) in [5.41, 5.74) is 0.850. The molecule has 0 bridgehead atoms. The summed E-state index contributed by atoms with van der Waals surface area (Å²) in [6, 6.07) is 9.46. The number of halogens is 1. The Hall–Kier alpha value is -1.02. The normalized spacial score (nSPS) is 9.79. The molecule has 1 aromatic carbocycles. The molecule has 0 unspecified atom stereocenters. The highest BCUT2D eigenvalue weighted by molar-refractivity contribution is 6.17. The van der Waals surface area contributed by atoms with E-state index in [4.69, 9.17) is 11.6 Å². The standard InChI is InChI=1S/C11H14ClNO/c12-9-5-4-8-11(14)13-10-6-2-1-3-7-10/h1-3,6-7H,4-5,8-9H2,(H,13,14). The van der Waals surface area contributed by atoms with Gasteiger partial charge >= 0.3 is 0 Å². The lowest BCUT2D eigenvalue weighted by Gasteiger charge is -2.03. The van der Waals surface area contributed by atoms with Gasteiger partial charge in [0.25, 0.3) is 0 Å². The quantitative estimate of drug-likeness (QED) is 0.589. The van der Waals surface area contributed by atoms with Crippen LogP contribution in [0.15, 0.2) is 30.3 Å². The summed E-state index contributed by atoms with van der Waals surface area (Å²) in [6.45, 7) is 0. The molecule has 1 N–H and O–H groups in total. The van der Waals surface area contributed by atoms with Crippen molar-refractivity contribution >= 4 is 23.2 Å². The highest BCUT2D eigenvalue weighted by Crippen LogP contribution is 2.06. The lowest BCUT2D eigenvalue weighted by Crippen LogP contribution is -2.10. The van der Waals surface area contributed by atoms with Crippen molar-refractivity contribution in [3.63, 3.8) is 0 Å². The molecule has 0 heterocycles. The second kappa shape index (κ2) is 6.44. The molecule has 0 spiro atoms.